The monoisotopic (exact) mass is 157 g/mol. The van der Waals surface area contributed by atoms with Crippen molar-refractivity contribution in [1.29, 1.82) is 0 Å². The molecule has 2 aliphatic rings. The topological polar surface area (TPSA) is 15.6 Å². The molecule has 50 valence electrons. The molecule has 9 heavy (non-hydrogen) atoms. The Morgan fingerprint density at radius 2 is 2.67 bits per heavy atom. The third kappa shape index (κ3) is 1.00. The van der Waals surface area contributed by atoms with Crippen LogP contribution in [0, 0.1) is 0 Å². The zero-order valence-electron chi connectivity index (χ0n) is 4.50. The zero-order valence-corrected chi connectivity index (χ0v) is 5.32. The van der Waals surface area contributed by atoms with E-state index in [9.17, 15) is 0 Å². The van der Waals surface area contributed by atoms with Gasteiger partial charge in [0.15, 0.2) is 5.17 Å². The fourth-order valence-electron chi connectivity index (χ4n) is 0.940. The van der Waals surface area contributed by atoms with Crippen molar-refractivity contribution >= 4 is 33.2 Å². The van der Waals surface area contributed by atoms with Gasteiger partial charge in [-0.3, -0.25) is 0 Å². The van der Waals surface area contributed by atoms with Crippen LogP contribution in [-0.2, 0) is 0 Å². The first kappa shape index (κ1) is 6.09. The fourth-order valence-corrected chi connectivity index (χ4v) is 1.93. The average molecular weight is 157 g/mol. The van der Waals surface area contributed by atoms with Crippen molar-refractivity contribution in [2.75, 3.05) is 18.8 Å². The van der Waals surface area contributed by atoms with Gasteiger partial charge in [0.25, 0.3) is 0 Å². The van der Waals surface area contributed by atoms with Gasteiger partial charge in [-0.1, -0.05) is 16.7 Å². The Bertz CT molecular complexity index is 159. The van der Waals surface area contributed by atoms with Gasteiger partial charge < -0.3 is 9.89 Å². The number of hydrogen-bond acceptors (Lipinski definition) is 3. The van der Waals surface area contributed by atoms with E-state index in [0.29, 0.717) is 16.3 Å². The van der Waals surface area contributed by atoms with E-state index in [1.54, 1.807) is 0 Å². The molecule has 0 unspecified atom stereocenters. The number of aliphatic imine (C=N–C) groups is 1. The maximum absolute atomic E-state index is 4.57. The number of thioether (sulfide) groups is 1. The van der Waals surface area contributed by atoms with Gasteiger partial charge in [0.1, 0.15) is 16.3 Å². The van der Waals surface area contributed by atoms with E-state index >= 15 is 0 Å². The molecule has 4 heteroatoms. The van der Waals surface area contributed by atoms with Crippen molar-refractivity contribution in [3.63, 3.8) is 0 Å². The van der Waals surface area contributed by atoms with E-state index in [-0.39, 0.29) is 0 Å². The summed E-state index contributed by atoms with van der Waals surface area (Å²) in [4.78, 5) is 7.80. The molecule has 1 atom stereocenters. The fraction of sp³-hybridized carbons (Fsp3) is 0.800. The molecular weight excluding hydrogens is 147 g/mol. The molecule has 2 heterocycles. The van der Waals surface area contributed by atoms with Gasteiger partial charge in [0.2, 0.25) is 0 Å². The minimum absolute atomic E-state index is 0.468. The smallest absolute Gasteiger partial charge is 0.155 e. The highest BCUT2D eigenvalue weighted by Crippen LogP contribution is 2.22. The molecule has 0 spiro atoms. The SMILES string of the molecule is [AlH3-][C@H]1CN2CCSC2=N1. The van der Waals surface area contributed by atoms with Crippen LogP contribution in [-0.4, -0.2) is 50.1 Å². The van der Waals surface area contributed by atoms with Gasteiger partial charge in [0.05, 0.1) is 0 Å². The van der Waals surface area contributed by atoms with Gasteiger partial charge in [-0.2, -0.15) is 0 Å². The lowest BCUT2D eigenvalue weighted by atomic mass is 10.6. The van der Waals surface area contributed by atoms with Crippen LogP contribution in [0.4, 0.5) is 0 Å². The maximum Gasteiger partial charge on any atom is 0.155 e. The molecule has 0 radical (unpaired) electrons. The molecule has 1 saturated heterocycles. The predicted molar refractivity (Wildman–Crippen MR) is 45.2 cm³/mol. The minimum Gasteiger partial charge on any atom is -0.353 e. The number of hydrogen-bond donors (Lipinski definition) is 0. The molecule has 0 aromatic carbocycles. The van der Waals surface area contributed by atoms with Crippen molar-refractivity contribution in [1.82, 2.24) is 4.90 Å². The van der Waals surface area contributed by atoms with Crippen LogP contribution in [0.3, 0.4) is 0 Å². The second-order valence-corrected chi connectivity index (χ2v) is 2.95. The Hall–Kier alpha value is 0.352. The molecule has 0 aliphatic carbocycles. The van der Waals surface area contributed by atoms with Crippen LogP contribution in [0.25, 0.3) is 0 Å². The van der Waals surface area contributed by atoms with Crippen LogP contribution < -0.4 is 0 Å². The molecule has 0 N–H and O–H groups in total. The summed E-state index contributed by atoms with van der Waals surface area (Å²) in [5, 5.41) is 1.34. The van der Waals surface area contributed by atoms with Crippen LogP contribution in [0.1, 0.15) is 0 Å². The molecule has 0 amide bonds. The summed E-state index contributed by atoms with van der Waals surface area (Å²) in [7, 11) is 0. The molecule has 0 aromatic heterocycles. The standard InChI is InChI=1S/C5H7N2S.Al.3H/c1-2-7-3-4-8-5(7)6-1;;;;/h1H,2-4H2;;;;/q;-1;;;. The molecule has 1 fully saturated rings. The Labute approximate surface area is 67.1 Å². The van der Waals surface area contributed by atoms with E-state index in [1.807, 2.05) is 11.8 Å². The van der Waals surface area contributed by atoms with Gasteiger partial charge in [0, 0.05) is 18.8 Å². The van der Waals surface area contributed by atoms with Crippen molar-refractivity contribution in [2.45, 2.75) is 4.90 Å². The first-order valence-electron chi connectivity index (χ1n) is 2.74. The molecule has 2 nitrogen and oxygen atoms in total. The van der Waals surface area contributed by atoms with Crippen LogP contribution in [0.15, 0.2) is 4.99 Å². The zero-order chi connectivity index (χ0) is 6.27. The Balaban J connectivity index is 2.18. The van der Waals surface area contributed by atoms with E-state index < -0.39 is 0 Å². The normalized spacial score (nSPS) is 33.1. The van der Waals surface area contributed by atoms with Gasteiger partial charge >= 0.3 is 0 Å². The Morgan fingerprint density at radius 1 is 1.78 bits per heavy atom. The summed E-state index contributed by atoms with van der Waals surface area (Å²) in [6.45, 7) is 2.52. The molecular formula is C5H10AlN2S-. The first-order valence-corrected chi connectivity index (χ1v) is 3.72. The van der Waals surface area contributed by atoms with Gasteiger partial charge in [-0.15, -0.1) is 0 Å². The number of amidine groups is 1. The highest BCUT2D eigenvalue weighted by atomic mass is 32.2. The highest BCUT2D eigenvalue weighted by Gasteiger charge is 2.23. The second-order valence-electron chi connectivity index (χ2n) is 1.89. The van der Waals surface area contributed by atoms with Crippen molar-refractivity contribution < 1.29 is 0 Å². The summed E-state index contributed by atoms with van der Waals surface area (Å²) in [5.41, 5.74) is 0. The minimum atomic E-state index is 0.468. The highest BCUT2D eigenvalue weighted by molar-refractivity contribution is 8.14. The first-order chi connectivity index (χ1) is 4.36. The lowest BCUT2D eigenvalue weighted by molar-refractivity contribution is 0.493. The van der Waals surface area contributed by atoms with Crippen molar-refractivity contribution in [3.8, 4) is 0 Å². The molecule has 0 aromatic rings. The van der Waals surface area contributed by atoms with Crippen LogP contribution in [0.5, 0.6) is 0 Å². The molecule has 0 bridgehead atoms. The molecule has 2 rings (SSSR count). The summed E-state index contributed by atoms with van der Waals surface area (Å²) >= 11 is 2.40. The van der Waals surface area contributed by atoms with Gasteiger partial charge in [-0.25, -0.2) is 0 Å². The predicted octanol–water partition coefficient (Wildman–Crippen LogP) is -0.904. The lowest BCUT2D eigenvalue weighted by Crippen LogP contribution is -2.24. The lowest BCUT2D eigenvalue weighted by Gasteiger charge is -2.11. The maximum atomic E-state index is 4.57. The van der Waals surface area contributed by atoms with Crippen molar-refractivity contribution in [3.05, 3.63) is 0 Å². The Morgan fingerprint density at radius 3 is 3.44 bits per heavy atom. The van der Waals surface area contributed by atoms with E-state index in [4.69, 9.17) is 0 Å². The number of nitrogens with zero attached hydrogens (tertiary/aromatic N) is 2. The van der Waals surface area contributed by atoms with E-state index in [0.717, 1.165) is 4.90 Å². The summed E-state index contributed by atoms with van der Waals surface area (Å²) in [6, 6.07) is 0. The van der Waals surface area contributed by atoms with E-state index in [2.05, 4.69) is 9.89 Å². The number of rotatable bonds is 0. The molecule has 2 aliphatic heterocycles. The van der Waals surface area contributed by atoms with Crippen LogP contribution >= 0.6 is 11.8 Å². The third-order valence-electron chi connectivity index (χ3n) is 1.37. The summed E-state index contributed by atoms with van der Waals surface area (Å²) < 4.78 is 0. The average Bonchev–Trinajstić information content (AvgIpc) is 2.22. The second kappa shape index (κ2) is 2.19. The third-order valence-corrected chi connectivity index (χ3v) is 2.38. The molecule has 0 saturated carbocycles. The van der Waals surface area contributed by atoms with Gasteiger partial charge in [-0.05, 0) is 0 Å². The summed E-state index contributed by atoms with van der Waals surface area (Å²) in [5.74, 6) is 1.27. The van der Waals surface area contributed by atoms with Crippen LogP contribution in [0.2, 0.25) is 0 Å². The largest absolute Gasteiger partial charge is 0.353 e. The summed E-state index contributed by atoms with van der Waals surface area (Å²) in [6.07, 6.45) is 0. The quantitative estimate of drug-likeness (QED) is 0.423. The van der Waals surface area contributed by atoms with E-state index in [1.165, 1.54) is 24.0 Å². The van der Waals surface area contributed by atoms with Crippen molar-refractivity contribution in [2.24, 2.45) is 4.99 Å². The number of fused-ring (bicyclic) bond motifs is 1. The Kier molecular flexibility index (Phi) is 1.48.